The molecule has 0 atom stereocenters. The molecule has 9 nitrogen and oxygen atoms in total. The van der Waals surface area contributed by atoms with Crippen molar-refractivity contribution in [1.29, 1.82) is 0 Å². The summed E-state index contributed by atoms with van der Waals surface area (Å²) in [6.45, 7) is 0.841. The third kappa shape index (κ3) is 5.15. The van der Waals surface area contributed by atoms with Crippen LogP contribution in [0.2, 0.25) is 5.02 Å². The molecule has 2 heterocycles. The summed E-state index contributed by atoms with van der Waals surface area (Å²) in [5.74, 6) is -0.228. The summed E-state index contributed by atoms with van der Waals surface area (Å²) in [6, 6.07) is 3.55. The first-order valence-electron chi connectivity index (χ1n) is 11.0. The Kier molecular flexibility index (Phi) is 6.83. The lowest BCUT2D eigenvalue weighted by Crippen LogP contribution is -2.44. The summed E-state index contributed by atoms with van der Waals surface area (Å²) in [7, 11) is 0. The van der Waals surface area contributed by atoms with Gasteiger partial charge in [0.15, 0.2) is 0 Å². The van der Waals surface area contributed by atoms with Crippen molar-refractivity contribution in [3.63, 3.8) is 0 Å². The lowest BCUT2D eigenvalue weighted by atomic mass is 9.94. The van der Waals surface area contributed by atoms with Gasteiger partial charge >= 0.3 is 5.97 Å². The number of nitrogens with zero attached hydrogens (tertiary/aromatic N) is 3. The van der Waals surface area contributed by atoms with E-state index in [1.807, 2.05) is 4.90 Å². The number of carbonyl (C=O) groups excluding carboxylic acids is 2. The fourth-order valence-corrected chi connectivity index (χ4v) is 4.72. The number of hydrogen-bond donors (Lipinski definition) is 2. The Labute approximate surface area is 191 Å². The van der Waals surface area contributed by atoms with Gasteiger partial charge in [-0.1, -0.05) is 30.9 Å². The zero-order valence-electron chi connectivity index (χ0n) is 17.8. The Balaban J connectivity index is 1.32. The number of rotatable bonds is 8. The van der Waals surface area contributed by atoms with Gasteiger partial charge in [0.05, 0.1) is 17.3 Å². The van der Waals surface area contributed by atoms with E-state index in [1.165, 1.54) is 4.90 Å². The Morgan fingerprint density at radius 3 is 2.78 bits per heavy atom. The number of ether oxygens (including phenoxy) is 1. The lowest BCUT2D eigenvalue weighted by molar-refractivity contribution is -0.146. The van der Waals surface area contributed by atoms with Crippen LogP contribution in [0.25, 0.3) is 0 Å². The second kappa shape index (κ2) is 9.77. The Morgan fingerprint density at radius 1 is 1.25 bits per heavy atom. The molecule has 3 aliphatic rings. The highest BCUT2D eigenvalue weighted by atomic mass is 35.5. The minimum atomic E-state index is -0.986. The monoisotopic (exact) mass is 462 g/mol. The molecule has 2 N–H and O–H groups in total. The Hall–Kier alpha value is -2.81. The predicted octanol–water partition coefficient (Wildman–Crippen LogP) is 2.68. The fraction of sp³-hybridized carbons (Fsp3) is 0.545. The molecule has 1 saturated heterocycles. The van der Waals surface area contributed by atoms with Gasteiger partial charge in [0.2, 0.25) is 17.8 Å². The average Bonchev–Trinajstić information content (AvgIpc) is 3.12. The van der Waals surface area contributed by atoms with Crippen molar-refractivity contribution in [1.82, 2.24) is 15.1 Å². The molecule has 1 saturated carbocycles. The third-order valence-electron chi connectivity index (χ3n) is 6.04. The number of amides is 2. The van der Waals surface area contributed by atoms with E-state index in [0.29, 0.717) is 35.4 Å². The second-order valence-corrected chi connectivity index (χ2v) is 8.82. The number of nitrogens with one attached hydrogen (secondary N) is 1. The van der Waals surface area contributed by atoms with Crippen molar-refractivity contribution in [2.75, 3.05) is 19.7 Å². The maximum Gasteiger partial charge on any atom is 0.323 e. The van der Waals surface area contributed by atoms with E-state index in [9.17, 15) is 19.5 Å². The molecule has 0 spiro atoms. The molecule has 0 unspecified atom stereocenters. The highest BCUT2D eigenvalue weighted by molar-refractivity contribution is 6.32. The molecule has 32 heavy (non-hydrogen) atoms. The van der Waals surface area contributed by atoms with Gasteiger partial charge < -0.3 is 19.6 Å². The first kappa shape index (κ1) is 22.4. The standard InChI is InChI=1S/C22H27ClN4O5/c23-16-9-14-11-26-12-19(28)25-22(26)24-17(14)10-18(16)32-8-4-7-20(29)27(13-21(30)31)15-5-2-1-3-6-15/h9-10,15H,1-8,11-13H2,(H,30,31)(H,24,25,28). The van der Waals surface area contributed by atoms with Crippen LogP contribution in [0.15, 0.2) is 17.1 Å². The fourth-order valence-electron chi connectivity index (χ4n) is 4.47. The normalized spacial score (nSPS) is 17.8. The predicted molar refractivity (Wildman–Crippen MR) is 118 cm³/mol. The third-order valence-corrected chi connectivity index (χ3v) is 6.34. The van der Waals surface area contributed by atoms with Crippen LogP contribution in [-0.4, -0.2) is 64.4 Å². The lowest BCUT2D eigenvalue weighted by Gasteiger charge is -2.33. The number of carbonyl (C=O) groups is 3. The molecule has 4 rings (SSSR count). The van der Waals surface area contributed by atoms with Crippen molar-refractivity contribution in [2.45, 2.75) is 57.5 Å². The molecule has 172 valence electrons. The number of carboxylic acid groups (broad SMARTS) is 1. The molecule has 2 aliphatic heterocycles. The SMILES string of the molecule is O=C(O)CN(C(=O)CCCOc1cc2c(cc1Cl)CN1CC(=O)NC1=N2)C1CCCCC1. The summed E-state index contributed by atoms with van der Waals surface area (Å²) >= 11 is 6.37. The quantitative estimate of drug-likeness (QED) is 0.574. The molecule has 2 fully saturated rings. The largest absolute Gasteiger partial charge is 0.492 e. The number of benzene rings is 1. The van der Waals surface area contributed by atoms with E-state index in [4.69, 9.17) is 16.3 Å². The molecule has 0 bridgehead atoms. The molecule has 2 amide bonds. The van der Waals surface area contributed by atoms with Crippen LogP contribution in [0.4, 0.5) is 5.69 Å². The number of carboxylic acids is 1. The highest BCUT2D eigenvalue weighted by Gasteiger charge is 2.30. The van der Waals surface area contributed by atoms with Crippen LogP contribution in [0, 0.1) is 0 Å². The van der Waals surface area contributed by atoms with E-state index in [1.54, 1.807) is 12.1 Å². The molecule has 10 heteroatoms. The topological polar surface area (TPSA) is 112 Å². The van der Waals surface area contributed by atoms with Crippen LogP contribution in [0.1, 0.15) is 50.5 Å². The van der Waals surface area contributed by atoms with E-state index in [0.717, 1.165) is 37.7 Å². The minimum absolute atomic E-state index is 0.0121. The molecule has 0 radical (unpaired) electrons. The van der Waals surface area contributed by atoms with Gasteiger partial charge in [-0.05, 0) is 30.9 Å². The van der Waals surface area contributed by atoms with Crippen LogP contribution < -0.4 is 10.1 Å². The number of aliphatic imine (C=N–C) groups is 1. The van der Waals surface area contributed by atoms with Crippen LogP contribution >= 0.6 is 11.6 Å². The maximum absolute atomic E-state index is 12.7. The van der Waals surface area contributed by atoms with Gasteiger partial charge in [-0.3, -0.25) is 19.7 Å². The minimum Gasteiger partial charge on any atom is -0.492 e. The summed E-state index contributed by atoms with van der Waals surface area (Å²) in [4.78, 5) is 43.4. The van der Waals surface area contributed by atoms with E-state index >= 15 is 0 Å². The van der Waals surface area contributed by atoms with Gasteiger partial charge in [-0.2, -0.15) is 0 Å². The number of guanidine groups is 1. The Bertz CT molecular complexity index is 944. The van der Waals surface area contributed by atoms with Gasteiger partial charge in [0, 0.05) is 25.1 Å². The Morgan fingerprint density at radius 2 is 2.03 bits per heavy atom. The van der Waals surface area contributed by atoms with Crippen molar-refractivity contribution in [3.05, 3.63) is 22.7 Å². The first-order valence-corrected chi connectivity index (χ1v) is 11.4. The number of hydrogen-bond acceptors (Lipinski definition) is 6. The number of halogens is 1. The summed E-state index contributed by atoms with van der Waals surface area (Å²) in [5, 5.41) is 12.4. The van der Waals surface area contributed by atoms with Crippen LogP contribution in [0.3, 0.4) is 0 Å². The second-order valence-electron chi connectivity index (χ2n) is 8.41. The molecular formula is C22H27ClN4O5. The van der Waals surface area contributed by atoms with Gasteiger partial charge in [0.25, 0.3) is 0 Å². The van der Waals surface area contributed by atoms with Crippen LogP contribution in [0.5, 0.6) is 5.75 Å². The zero-order valence-corrected chi connectivity index (χ0v) is 18.6. The maximum atomic E-state index is 12.7. The average molecular weight is 463 g/mol. The first-order chi connectivity index (χ1) is 15.4. The summed E-state index contributed by atoms with van der Waals surface area (Å²) in [5.41, 5.74) is 1.61. The summed E-state index contributed by atoms with van der Waals surface area (Å²) in [6.07, 6.45) is 5.58. The van der Waals surface area contributed by atoms with E-state index in [2.05, 4.69) is 10.3 Å². The highest BCUT2D eigenvalue weighted by Crippen LogP contribution is 2.36. The van der Waals surface area contributed by atoms with Crippen molar-refractivity contribution >= 4 is 41.0 Å². The number of aliphatic carboxylic acids is 1. The van der Waals surface area contributed by atoms with Crippen molar-refractivity contribution in [3.8, 4) is 5.75 Å². The molecule has 1 aromatic rings. The van der Waals surface area contributed by atoms with Crippen molar-refractivity contribution in [2.24, 2.45) is 4.99 Å². The van der Waals surface area contributed by atoms with E-state index in [-0.39, 0.29) is 44.0 Å². The molecule has 0 aromatic heterocycles. The molecule has 1 aliphatic carbocycles. The smallest absolute Gasteiger partial charge is 0.323 e. The molecule has 1 aromatic carbocycles. The summed E-state index contributed by atoms with van der Waals surface area (Å²) < 4.78 is 5.80. The zero-order chi connectivity index (χ0) is 22.7. The van der Waals surface area contributed by atoms with E-state index < -0.39 is 5.97 Å². The molecular weight excluding hydrogens is 436 g/mol. The van der Waals surface area contributed by atoms with Gasteiger partial charge in [0.1, 0.15) is 18.8 Å². The van der Waals surface area contributed by atoms with Gasteiger partial charge in [-0.25, -0.2) is 4.99 Å². The van der Waals surface area contributed by atoms with Gasteiger partial charge in [-0.15, -0.1) is 0 Å². The number of fused-ring (bicyclic) bond motifs is 2. The van der Waals surface area contributed by atoms with Crippen LogP contribution in [-0.2, 0) is 20.9 Å². The van der Waals surface area contributed by atoms with Crippen molar-refractivity contribution < 1.29 is 24.2 Å².